The van der Waals surface area contributed by atoms with E-state index in [2.05, 4.69) is 32.1 Å². The number of carbonyl (C=O) groups excluding carboxylic acids is 1. The van der Waals surface area contributed by atoms with E-state index in [1.165, 1.54) is 0 Å². The van der Waals surface area contributed by atoms with Crippen molar-refractivity contribution >= 4 is 12.0 Å². The van der Waals surface area contributed by atoms with Gasteiger partial charge in [-0.2, -0.15) is 5.10 Å². The van der Waals surface area contributed by atoms with Crippen molar-refractivity contribution in [3.05, 3.63) is 72.4 Å². The number of hydrogen-bond donors (Lipinski definition) is 1. The predicted octanol–water partition coefficient (Wildman–Crippen LogP) is 5.07. The molecule has 1 atom stereocenters. The lowest BCUT2D eigenvalue weighted by Crippen LogP contribution is -2.33. The first kappa shape index (κ1) is 24.5. The average molecular weight is 371 g/mol. The first-order chi connectivity index (χ1) is 12.8. The van der Waals surface area contributed by atoms with Crippen LogP contribution < -0.4 is 0 Å². The quantitative estimate of drug-likeness (QED) is 0.348. The second kappa shape index (κ2) is 12.0. The molecular weight excluding hydrogens is 336 g/mol. The maximum Gasteiger partial charge on any atom is 0.149 e. The van der Waals surface area contributed by atoms with Crippen molar-refractivity contribution in [2.45, 2.75) is 52.7 Å². The van der Waals surface area contributed by atoms with Crippen LogP contribution in [0.25, 0.3) is 0 Å². The highest BCUT2D eigenvalue weighted by Crippen LogP contribution is 2.30. The number of rotatable bonds is 4. The third-order valence-electron chi connectivity index (χ3n) is 4.30. The molecule has 1 heterocycles. The SMILES string of the molecule is C/C=C\C(C=O)=C/C.C=C.CC(O)c1ccccc1C1=NN(C)C(C)(C)C1. The van der Waals surface area contributed by atoms with Crippen molar-refractivity contribution in [2.24, 2.45) is 5.10 Å². The smallest absolute Gasteiger partial charge is 0.149 e. The van der Waals surface area contributed by atoms with Crippen LogP contribution in [0.15, 0.2) is 66.3 Å². The molecule has 0 spiro atoms. The Labute approximate surface area is 164 Å². The van der Waals surface area contributed by atoms with E-state index in [1.54, 1.807) is 19.1 Å². The third-order valence-corrected chi connectivity index (χ3v) is 4.30. The largest absolute Gasteiger partial charge is 0.389 e. The molecule has 0 aromatic heterocycles. The Hall–Kier alpha value is -2.46. The minimum Gasteiger partial charge on any atom is -0.389 e. The summed E-state index contributed by atoms with van der Waals surface area (Å²) in [6.45, 7) is 15.9. The van der Waals surface area contributed by atoms with Crippen LogP contribution in [0.1, 0.15) is 58.3 Å². The number of carbonyl (C=O) groups is 1. The van der Waals surface area contributed by atoms with E-state index < -0.39 is 6.10 Å². The van der Waals surface area contributed by atoms with Gasteiger partial charge in [-0.25, -0.2) is 0 Å². The van der Waals surface area contributed by atoms with Gasteiger partial charge in [-0.05, 0) is 40.2 Å². The summed E-state index contributed by atoms with van der Waals surface area (Å²) in [4.78, 5) is 10.0. The molecule has 0 fully saturated rings. The highest BCUT2D eigenvalue weighted by atomic mass is 16.3. The Morgan fingerprint density at radius 2 is 1.89 bits per heavy atom. The van der Waals surface area contributed by atoms with Gasteiger partial charge in [-0.1, -0.05) is 42.5 Å². The zero-order valence-corrected chi connectivity index (χ0v) is 17.6. The summed E-state index contributed by atoms with van der Waals surface area (Å²) >= 11 is 0. The number of aliphatic hydroxyl groups is 1. The molecule has 0 amide bonds. The normalized spacial score (nSPS) is 16.6. The molecule has 0 saturated heterocycles. The molecule has 1 unspecified atom stereocenters. The molecule has 4 nitrogen and oxygen atoms in total. The topological polar surface area (TPSA) is 52.9 Å². The Balaban J connectivity index is 0.000000574. The molecule has 4 heteroatoms. The molecule has 1 aromatic carbocycles. The van der Waals surface area contributed by atoms with Crippen molar-refractivity contribution in [1.29, 1.82) is 0 Å². The summed E-state index contributed by atoms with van der Waals surface area (Å²) in [6, 6.07) is 7.95. The summed E-state index contributed by atoms with van der Waals surface area (Å²) in [5, 5.41) is 16.4. The lowest BCUT2D eigenvalue weighted by Gasteiger charge is -2.26. The summed E-state index contributed by atoms with van der Waals surface area (Å²) in [7, 11) is 2.00. The van der Waals surface area contributed by atoms with Crippen LogP contribution in [0.2, 0.25) is 0 Å². The summed E-state index contributed by atoms with van der Waals surface area (Å²) in [6.07, 6.45) is 6.67. The van der Waals surface area contributed by atoms with Gasteiger partial charge >= 0.3 is 0 Å². The number of hydrazone groups is 1. The first-order valence-corrected chi connectivity index (χ1v) is 9.09. The zero-order chi connectivity index (χ0) is 21.0. The molecule has 2 rings (SSSR count). The van der Waals surface area contributed by atoms with Gasteiger partial charge < -0.3 is 5.11 Å². The molecule has 0 radical (unpaired) electrons. The van der Waals surface area contributed by atoms with Crippen LogP contribution >= 0.6 is 0 Å². The van der Waals surface area contributed by atoms with E-state index >= 15 is 0 Å². The Morgan fingerprint density at radius 3 is 2.26 bits per heavy atom. The number of aldehydes is 1. The Bertz CT molecular complexity index is 685. The Kier molecular flexibility index (Phi) is 10.9. The van der Waals surface area contributed by atoms with Crippen LogP contribution in [0.3, 0.4) is 0 Å². The molecule has 1 aliphatic rings. The van der Waals surface area contributed by atoms with E-state index in [0.29, 0.717) is 0 Å². The predicted molar refractivity (Wildman–Crippen MR) is 116 cm³/mol. The monoisotopic (exact) mass is 370 g/mol. The lowest BCUT2D eigenvalue weighted by molar-refractivity contribution is -0.104. The van der Waals surface area contributed by atoms with Gasteiger partial charge in [-0.3, -0.25) is 9.80 Å². The van der Waals surface area contributed by atoms with Crippen LogP contribution in [0.5, 0.6) is 0 Å². The number of hydrogen-bond acceptors (Lipinski definition) is 4. The molecule has 1 N–H and O–H groups in total. The van der Waals surface area contributed by atoms with Crippen molar-refractivity contribution in [3.8, 4) is 0 Å². The maximum atomic E-state index is 10.0. The van der Waals surface area contributed by atoms with Crippen LogP contribution in [0.4, 0.5) is 0 Å². The average Bonchev–Trinajstić information content (AvgIpc) is 2.94. The molecule has 1 aromatic rings. The third kappa shape index (κ3) is 7.35. The van der Waals surface area contributed by atoms with Crippen LogP contribution in [0, 0.1) is 0 Å². The second-order valence-electron chi connectivity index (χ2n) is 6.73. The second-order valence-corrected chi connectivity index (χ2v) is 6.73. The molecule has 148 valence electrons. The fourth-order valence-electron chi connectivity index (χ4n) is 2.55. The van der Waals surface area contributed by atoms with Crippen LogP contribution in [-0.2, 0) is 4.79 Å². The van der Waals surface area contributed by atoms with E-state index in [-0.39, 0.29) is 5.54 Å². The minimum atomic E-state index is -0.456. The molecular formula is C23H34N2O2. The number of nitrogens with zero attached hydrogens (tertiary/aromatic N) is 2. The summed E-state index contributed by atoms with van der Waals surface area (Å²) < 4.78 is 0. The summed E-state index contributed by atoms with van der Waals surface area (Å²) in [5.41, 5.74) is 3.87. The molecule has 27 heavy (non-hydrogen) atoms. The van der Waals surface area contributed by atoms with E-state index in [1.807, 2.05) is 56.2 Å². The number of aliphatic hydroxyl groups excluding tert-OH is 1. The zero-order valence-electron chi connectivity index (χ0n) is 17.6. The maximum absolute atomic E-state index is 10.0. The lowest BCUT2D eigenvalue weighted by atomic mass is 9.92. The standard InChI is InChI=1S/C14H20N2O.C7H10O.C2H4/c1-10(17)11-7-5-6-8-12(11)13-9-14(2,3)16(4)15-13;1-3-5-7(4-2)6-8;1-2/h5-8,10,17H,9H2,1-4H3;3-6H,1-2H3;1-2H2/b;5-3-,7-4+;. The van der Waals surface area contributed by atoms with Gasteiger partial charge in [0.05, 0.1) is 17.4 Å². The van der Waals surface area contributed by atoms with Crippen molar-refractivity contribution < 1.29 is 9.90 Å². The number of benzene rings is 1. The summed E-state index contributed by atoms with van der Waals surface area (Å²) in [5.74, 6) is 0. The van der Waals surface area contributed by atoms with Gasteiger partial charge in [0.1, 0.15) is 6.29 Å². The van der Waals surface area contributed by atoms with Crippen molar-refractivity contribution in [2.75, 3.05) is 7.05 Å². The van der Waals surface area contributed by atoms with E-state index in [9.17, 15) is 9.90 Å². The van der Waals surface area contributed by atoms with Gasteiger partial charge in [0.15, 0.2) is 0 Å². The Morgan fingerprint density at radius 1 is 1.30 bits per heavy atom. The molecule has 0 saturated carbocycles. The van der Waals surface area contributed by atoms with Gasteiger partial charge in [0.25, 0.3) is 0 Å². The first-order valence-electron chi connectivity index (χ1n) is 9.09. The van der Waals surface area contributed by atoms with Crippen molar-refractivity contribution in [1.82, 2.24) is 5.01 Å². The number of allylic oxidation sites excluding steroid dienone is 4. The highest BCUT2D eigenvalue weighted by molar-refractivity contribution is 6.03. The van der Waals surface area contributed by atoms with Crippen molar-refractivity contribution in [3.63, 3.8) is 0 Å². The van der Waals surface area contributed by atoms with Gasteiger partial charge in [0, 0.05) is 24.6 Å². The van der Waals surface area contributed by atoms with Gasteiger partial charge in [-0.15, -0.1) is 13.2 Å². The van der Waals surface area contributed by atoms with Gasteiger partial charge in [0.2, 0.25) is 0 Å². The van der Waals surface area contributed by atoms with E-state index in [4.69, 9.17) is 0 Å². The van der Waals surface area contributed by atoms with E-state index in [0.717, 1.165) is 35.1 Å². The van der Waals surface area contributed by atoms with Crippen LogP contribution in [-0.4, -0.2) is 34.7 Å². The highest BCUT2D eigenvalue weighted by Gasteiger charge is 2.32. The minimum absolute atomic E-state index is 0.0567. The fourth-order valence-corrected chi connectivity index (χ4v) is 2.55. The fraction of sp³-hybridized carbons (Fsp3) is 0.391. The molecule has 1 aliphatic heterocycles. The molecule has 0 aliphatic carbocycles. The molecule has 0 bridgehead atoms.